The lowest BCUT2D eigenvalue weighted by Gasteiger charge is -2.11. The molecule has 0 atom stereocenters. The van der Waals surface area contributed by atoms with Crippen molar-refractivity contribution in [2.75, 3.05) is 14.2 Å². The summed E-state index contributed by atoms with van der Waals surface area (Å²) in [5.41, 5.74) is 4.94. The van der Waals surface area contributed by atoms with Crippen LogP contribution in [0.2, 0.25) is 0 Å². The highest BCUT2D eigenvalue weighted by Crippen LogP contribution is 2.27. The Morgan fingerprint density at radius 1 is 0.944 bits per heavy atom. The van der Waals surface area contributed by atoms with Gasteiger partial charge in [0.15, 0.2) is 0 Å². The summed E-state index contributed by atoms with van der Waals surface area (Å²) in [5.74, 6) is 0.879. The van der Waals surface area contributed by atoms with E-state index in [1.54, 1.807) is 14.2 Å². The summed E-state index contributed by atoms with van der Waals surface area (Å²) in [4.78, 5) is 0. The van der Waals surface area contributed by atoms with Crippen molar-refractivity contribution >= 4 is 0 Å². The van der Waals surface area contributed by atoms with Gasteiger partial charge in [0.25, 0.3) is 0 Å². The molecular formula is C16H18O2. The first kappa shape index (κ1) is 12.7. The van der Waals surface area contributed by atoms with Crippen LogP contribution < -0.4 is 4.74 Å². The van der Waals surface area contributed by atoms with Gasteiger partial charge < -0.3 is 9.47 Å². The van der Waals surface area contributed by atoms with Gasteiger partial charge >= 0.3 is 0 Å². The molecule has 0 spiro atoms. The first-order valence-corrected chi connectivity index (χ1v) is 5.98. The summed E-state index contributed by atoms with van der Waals surface area (Å²) >= 11 is 0. The zero-order valence-electron chi connectivity index (χ0n) is 11.1. The van der Waals surface area contributed by atoms with Crippen molar-refractivity contribution in [1.82, 2.24) is 0 Å². The highest BCUT2D eigenvalue weighted by atomic mass is 16.5. The Morgan fingerprint density at radius 3 is 2.28 bits per heavy atom. The van der Waals surface area contributed by atoms with Crippen molar-refractivity contribution in [3.8, 4) is 16.9 Å². The fourth-order valence-corrected chi connectivity index (χ4v) is 2.08. The van der Waals surface area contributed by atoms with E-state index in [4.69, 9.17) is 9.47 Å². The second-order valence-corrected chi connectivity index (χ2v) is 4.25. The van der Waals surface area contributed by atoms with Crippen LogP contribution in [-0.4, -0.2) is 14.2 Å². The molecule has 0 N–H and O–H groups in total. The molecule has 2 rings (SSSR count). The Morgan fingerprint density at radius 2 is 1.67 bits per heavy atom. The van der Waals surface area contributed by atoms with Gasteiger partial charge in [0, 0.05) is 7.11 Å². The van der Waals surface area contributed by atoms with Crippen LogP contribution >= 0.6 is 0 Å². The lowest BCUT2D eigenvalue weighted by molar-refractivity contribution is 0.184. The third-order valence-electron chi connectivity index (χ3n) is 3.15. The number of rotatable bonds is 4. The molecule has 0 aliphatic carbocycles. The summed E-state index contributed by atoms with van der Waals surface area (Å²) in [6, 6.07) is 14.4. The first-order chi connectivity index (χ1) is 8.76. The van der Waals surface area contributed by atoms with E-state index in [1.165, 1.54) is 22.3 Å². The predicted octanol–water partition coefficient (Wildman–Crippen LogP) is 3.82. The van der Waals surface area contributed by atoms with Gasteiger partial charge in [-0.1, -0.05) is 30.3 Å². The molecular weight excluding hydrogens is 224 g/mol. The highest BCUT2D eigenvalue weighted by molar-refractivity contribution is 5.69. The molecule has 2 heteroatoms. The summed E-state index contributed by atoms with van der Waals surface area (Å²) in [5, 5.41) is 0. The van der Waals surface area contributed by atoms with Crippen LogP contribution in [0.15, 0.2) is 42.5 Å². The molecule has 2 aromatic rings. The van der Waals surface area contributed by atoms with E-state index in [1.807, 2.05) is 12.1 Å². The minimum absolute atomic E-state index is 0.649. The molecule has 0 bridgehead atoms. The lowest BCUT2D eigenvalue weighted by Crippen LogP contribution is -1.94. The number of hydrogen-bond donors (Lipinski definition) is 0. The molecule has 2 aromatic carbocycles. The lowest BCUT2D eigenvalue weighted by atomic mass is 9.97. The van der Waals surface area contributed by atoms with Gasteiger partial charge in [0.2, 0.25) is 0 Å². The minimum atomic E-state index is 0.649. The Hall–Kier alpha value is -1.80. The number of hydrogen-bond acceptors (Lipinski definition) is 2. The van der Waals surface area contributed by atoms with Crippen LogP contribution in [0.3, 0.4) is 0 Å². The van der Waals surface area contributed by atoms with Gasteiger partial charge in [-0.15, -0.1) is 0 Å². The molecule has 94 valence electrons. The third kappa shape index (κ3) is 2.54. The second-order valence-electron chi connectivity index (χ2n) is 4.25. The minimum Gasteiger partial charge on any atom is -0.497 e. The average molecular weight is 242 g/mol. The van der Waals surface area contributed by atoms with Gasteiger partial charge in [-0.3, -0.25) is 0 Å². The first-order valence-electron chi connectivity index (χ1n) is 5.98. The average Bonchev–Trinajstić information content (AvgIpc) is 2.42. The van der Waals surface area contributed by atoms with Gasteiger partial charge in [0.05, 0.1) is 13.7 Å². The molecule has 0 heterocycles. The van der Waals surface area contributed by atoms with E-state index >= 15 is 0 Å². The normalized spacial score (nSPS) is 10.4. The fraction of sp³-hybridized carbons (Fsp3) is 0.250. The summed E-state index contributed by atoms with van der Waals surface area (Å²) in [6.07, 6.45) is 0. The van der Waals surface area contributed by atoms with Crippen molar-refractivity contribution in [1.29, 1.82) is 0 Å². The van der Waals surface area contributed by atoms with Crippen molar-refractivity contribution in [3.63, 3.8) is 0 Å². The molecule has 0 saturated carbocycles. The van der Waals surface area contributed by atoms with E-state index in [2.05, 4.69) is 37.3 Å². The Balaban J connectivity index is 2.40. The molecule has 0 unspecified atom stereocenters. The van der Waals surface area contributed by atoms with E-state index in [0.29, 0.717) is 6.61 Å². The fourth-order valence-electron chi connectivity index (χ4n) is 2.08. The smallest absolute Gasteiger partial charge is 0.118 e. The number of methoxy groups -OCH3 is 2. The maximum absolute atomic E-state index is 5.22. The molecule has 0 fully saturated rings. The van der Waals surface area contributed by atoms with Gasteiger partial charge in [-0.05, 0) is 41.3 Å². The van der Waals surface area contributed by atoms with Crippen LogP contribution in [0.1, 0.15) is 11.1 Å². The Labute approximate surface area is 108 Å². The molecule has 0 radical (unpaired) electrons. The molecule has 0 aromatic heterocycles. The molecule has 0 aliphatic rings. The van der Waals surface area contributed by atoms with Crippen molar-refractivity contribution in [3.05, 3.63) is 53.6 Å². The van der Waals surface area contributed by atoms with Crippen LogP contribution in [0.5, 0.6) is 5.75 Å². The van der Waals surface area contributed by atoms with Gasteiger partial charge in [-0.25, -0.2) is 0 Å². The quantitative estimate of drug-likeness (QED) is 0.811. The zero-order chi connectivity index (χ0) is 13.0. The van der Waals surface area contributed by atoms with Crippen LogP contribution in [-0.2, 0) is 11.3 Å². The van der Waals surface area contributed by atoms with Gasteiger partial charge in [0.1, 0.15) is 5.75 Å². The van der Waals surface area contributed by atoms with Crippen molar-refractivity contribution in [2.45, 2.75) is 13.5 Å². The Kier molecular flexibility index (Phi) is 4.00. The maximum atomic E-state index is 5.22. The molecule has 0 amide bonds. The van der Waals surface area contributed by atoms with Crippen LogP contribution in [0.25, 0.3) is 11.1 Å². The Bertz CT molecular complexity index is 515. The van der Waals surface area contributed by atoms with Crippen LogP contribution in [0.4, 0.5) is 0 Å². The SMILES string of the molecule is COCc1cccc(-c2ccc(OC)cc2)c1C. The highest BCUT2D eigenvalue weighted by Gasteiger charge is 2.06. The van der Waals surface area contributed by atoms with E-state index in [-0.39, 0.29) is 0 Å². The van der Waals surface area contributed by atoms with E-state index in [0.717, 1.165) is 5.75 Å². The maximum Gasteiger partial charge on any atom is 0.118 e. The van der Waals surface area contributed by atoms with Crippen molar-refractivity contribution < 1.29 is 9.47 Å². The monoisotopic (exact) mass is 242 g/mol. The molecule has 0 saturated heterocycles. The second kappa shape index (κ2) is 5.69. The topological polar surface area (TPSA) is 18.5 Å². The molecule has 18 heavy (non-hydrogen) atoms. The van der Waals surface area contributed by atoms with Gasteiger partial charge in [-0.2, -0.15) is 0 Å². The van der Waals surface area contributed by atoms with Crippen molar-refractivity contribution in [2.24, 2.45) is 0 Å². The summed E-state index contributed by atoms with van der Waals surface area (Å²) < 4.78 is 10.4. The third-order valence-corrected chi connectivity index (χ3v) is 3.15. The molecule has 0 aliphatic heterocycles. The standard InChI is InChI=1S/C16H18O2/c1-12-14(11-17-2)5-4-6-16(12)13-7-9-15(18-3)10-8-13/h4-10H,11H2,1-3H3. The summed E-state index contributed by atoms with van der Waals surface area (Å²) in [7, 11) is 3.40. The van der Waals surface area contributed by atoms with E-state index < -0.39 is 0 Å². The zero-order valence-corrected chi connectivity index (χ0v) is 11.1. The van der Waals surface area contributed by atoms with E-state index in [9.17, 15) is 0 Å². The van der Waals surface area contributed by atoms with Crippen LogP contribution in [0, 0.1) is 6.92 Å². The summed E-state index contributed by atoms with van der Waals surface area (Å²) in [6.45, 7) is 2.78. The number of benzene rings is 2. The molecule has 2 nitrogen and oxygen atoms in total. The largest absolute Gasteiger partial charge is 0.497 e. The number of ether oxygens (including phenoxy) is 2. The predicted molar refractivity (Wildman–Crippen MR) is 73.9 cm³/mol.